The van der Waals surface area contributed by atoms with Crippen LogP contribution in [0.5, 0.6) is 0 Å². The van der Waals surface area contributed by atoms with Crippen LogP contribution in [0.2, 0.25) is 5.02 Å². The fraction of sp³-hybridized carbons (Fsp3) is 0.167. The normalized spacial score (nSPS) is 10.2. The molecule has 0 atom stereocenters. The molecular weight excluding hydrogens is 416 g/mol. The van der Waals surface area contributed by atoms with Crippen molar-refractivity contribution in [1.29, 1.82) is 0 Å². The number of benzene rings is 3. The number of carbonyl (C=O) groups is 2. The Balaban J connectivity index is 1.60. The van der Waals surface area contributed by atoms with Crippen molar-refractivity contribution in [2.75, 3.05) is 6.54 Å². The van der Waals surface area contributed by atoms with Crippen molar-refractivity contribution < 1.29 is 19.1 Å². The first-order valence-corrected chi connectivity index (χ1v) is 10.2. The summed E-state index contributed by atoms with van der Waals surface area (Å²) in [6, 6.07) is 25.9. The molecule has 0 bridgehead atoms. The number of ether oxygens (including phenoxy) is 2. The number of amides is 2. The van der Waals surface area contributed by atoms with E-state index in [4.69, 9.17) is 21.1 Å². The maximum Gasteiger partial charge on any atom is 0.429 e. The van der Waals surface area contributed by atoms with E-state index in [9.17, 15) is 9.59 Å². The van der Waals surface area contributed by atoms with Gasteiger partial charge in [-0.3, -0.25) is 0 Å². The van der Waals surface area contributed by atoms with Crippen molar-refractivity contribution in [3.8, 4) is 0 Å². The van der Waals surface area contributed by atoms with Gasteiger partial charge in [-0.15, -0.1) is 0 Å². The van der Waals surface area contributed by atoms with Gasteiger partial charge in [0.25, 0.3) is 0 Å². The summed E-state index contributed by atoms with van der Waals surface area (Å²) in [6.45, 7) is 0.338. The number of rotatable bonds is 7. The average molecular weight is 439 g/mol. The second-order valence-corrected chi connectivity index (χ2v) is 7.11. The molecule has 1 N–H and O–H groups in total. The van der Waals surface area contributed by atoms with Crippen molar-refractivity contribution in [3.05, 3.63) is 107 Å². The average Bonchev–Trinajstić information content (AvgIpc) is 2.81. The molecule has 0 unspecified atom stereocenters. The van der Waals surface area contributed by atoms with Gasteiger partial charge in [-0.25, -0.2) is 20.0 Å². The molecule has 7 heteroatoms. The Kier molecular flexibility index (Phi) is 8.31. The van der Waals surface area contributed by atoms with Crippen molar-refractivity contribution in [3.63, 3.8) is 0 Å². The molecule has 3 aromatic carbocycles. The van der Waals surface area contributed by atoms with Crippen molar-refractivity contribution >= 4 is 23.8 Å². The summed E-state index contributed by atoms with van der Waals surface area (Å²) in [4.78, 5) is 24.9. The second-order valence-electron chi connectivity index (χ2n) is 6.71. The van der Waals surface area contributed by atoms with Crippen LogP contribution >= 0.6 is 11.6 Å². The van der Waals surface area contributed by atoms with Crippen LogP contribution in [-0.4, -0.2) is 23.7 Å². The predicted molar refractivity (Wildman–Crippen MR) is 118 cm³/mol. The lowest BCUT2D eigenvalue weighted by molar-refractivity contribution is 0.0648. The first-order chi connectivity index (χ1) is 15.1. The van der Waals surface area contributed by atoms with E-state index < -0.39 is 12.2 Å². The Bertz CT molecular complexity index is 983. The Morgan fingerprint density at radius 1 is 0.774 bits per heavy atom. The van der Waals surface area contributed by atoms with Crippen LogP contribution in [-0.2, 0) is 29.1 Å². The number of hydrazine groups is 1. The van der Waals surface area contributed by atoms with Crippen LogP contribution in [0, 0.1) is 0 Å². The molecule has 0 radical (unpaired) electrons. The fourth-order valence-corrected chi connectivity index (χ4v) is 3.02. The number of hydrogen-bond donors (Lipinski definition) is 1. The van der Waals surface area contributed by atoms with Gasteiger partial charge in [0.15, 0.2) is 0 Å². The summed E-state index contributed by atoms with van der Waals surface area (Å²) in [5.41, 5.74) is 5.00. The van der Waals surface area contributed by atoms with E-state index >= 15 is 0 Å². The highest BCUT2D eigenvalue weighted by Gasteiger charge is 2.19. The number of nitrogens with one attached hydrogen (secondary N) is 1. The first-order valence-electron chi connectivity index (χ1n) is 9.81. The number of hydrogen-bond acceptors (Lipinski definition) is 4. The number of carbonyl (C=O) groups excluding carboxylic acids is 2. The van der Waals surface area contributed by atoms with Crippen LogP contribution in [0.4, 0.5) is 9.59 Å². The lowest BCUT2D eigenvalue weighted by Crippen LogP contribution is -2.47. The minimum atomic E-state index is -0.750. The van der Waals surface area contributed by atoms with Crippen LogP contribution in [0.15, 0.2) is 84.9 Å². The topological polar surface area (TPSA) is 67.9 Å². The largest absolute Gasteiger partial charge is 0.443 e. The van der Waals surface area contributed by atoms with E-state index in [2.05, 4.69) is 5.43 Å². The second kappa shape index (κ2) is 11.6. The van der Waals surface area contributed by atoms with Gasteiger partial charge in [0.1, 0.15) is 13.2 Å². The molecule has 0 aliphatic rings. The molecule has 3 aromatic rings. The fourth-order valence-electron chi connectivity index (χ4n) is 2.79. The summed E-state index contributed by atoms with van der Waals surface area (Å²) < 4.78 is 10.6. The maximum absolute atomic E-state index is 12.6. The third-order valence-corrected chi connectivity index (χ3v) is 4.80. The molecule has 160 valence electrons. The minimum absolute atomic E-state index is 0.0863. The molecule has 0 spiro atoms. The van der Waals surface area contributed by atoms with Crippen LogP contribution in [0.3, 0.4) is 0 Å². The molecule has 0 aliphatic carbocycles. The Hall–Kier alpha value is -3.51. The summed E-state index contributed by atoms with van der Waals surface area (Å²) in [5, 5.41) is 1.69. The standard InChI is InChI=1S/C24H23ClN2O4/c25-22-14-8-7-13-21(22)15-16-27(24(29)31-18-20-11-5-2-6-12-20)26-23(28)30-17-19-9-3-1-4-10-19/h1-14H,15-18H2,(H,26,28). The van der Waals surface area contributed by atoms with E-state index in [1.807, 2.05) is 78.9 Å². The zero-order valence-corrected chi connectivity index (χ0v) is 17.6. The highest BCUT2D eigenvalue weighted by Crippen LogP contribution is 2.16. The summed E-state index contributed by atoms with van der Waals surface area (Å²) in [5.74, 6) is 0. The highest BCUT2D eigenvalue weighted by molar-refractivity contribution is 6.31. The molecule has 0 saturated heterocycles. The molecule has 0 saturated carbocycles. The monoisotopic (exact) mass is 438 g/mol. The van der Waals surface area contributed by atoms with Gasteiger partial charge in [-0.2, -0.15) is 0 Å². The summed E-state index contributed by atoms with van der Waals surface area (Å²) >= 11 is 6.21. The van der Waals surface area contributed by atoms with E-state index in [-0.39, 0.29) is 19.8 Å². The van der Waals surface area contributed by atoms with Crippen molar-refractivity contribution in [1.82, 2.24) is 10.4 Å². The smallest absolute Gasteiger partial charge is 0.429 e. The zero-order chi connectivity index (χ0) is 21.9. The molecular formula is C24H23ClN2O4. The maximum atomic E-state index is 12.6. The van der Waals surface area contributed by atoms with Gasteiger partial charge in [0, 0.05) is 5.02 Å². The molecule has 0 fully saturated rings. The SMILES string of the molecule is O=C(NN(CCc1ccccc1Cl)C(=O)OCc1ccccc1)OCc1ccccc1. The molecule has 0 aromatic heterocycles. The third kappa shape index (κ3) is 7.35. The summed E-state index contributed by atoms with van der Waals surface area (Å²) in [6.07, 6.45) is -1.01. The number of nitrogens with zero attached hydrogens (tertiary/aromatic N) is 1. The Morgan fingerprint density at radius 3 is 1.94 bits per heavy atom. The van der Waals surface area contributed by atoms with E-state index in [0.29, 0.717) is 11.4 Å². The van der Waals surface area contributed by atoms with Gasteiger partial charge in [0.2, 0.25) is 0 Å². The van der Waals surface area contributed by atoms with Crippen molar-refractivity contribution in [2.24, 2.45) is 0 Å². The van der Waals surface area contributed by atoms with Crippen LogP contribution in [0.1, 0.15) is 16.7 Å². The van der Waals surface area contributed by atoms with E-state index in [0.717, 1.165) is 21.7 Å². The van der Waals surface area contributed by atoms with Crippen LogP contribution < -0.4 is 5.43 Å². The van der Waals surface area contributed by atoms with Crippen molar-refractivity contribution in [2.45, 2.75) is 19.6 Å². The molecule has 0 heterocycles. The van der Waals surface area contributed by atoms with E-state index in [1.54, 1.807) is 6.07 Å². The van der Waals surface area contributed by atoms with Gasteiger partial charge in [0.05, 0.1) is 6.54 Å². The Labute approximate surface area is 186 Å². The minimum Gasteiger partial charge on any atom is -0.443 e. The van der Waals surface area contributed by atoms with Gasteiger partial charge >= 0.3 is 12.2 Å². The van der Waals surface area contributed by atoms with E-state index in [1.165, 1.54) is 0 Å². The first kappa shape index (κ1) is 22.2. The molecule has 31 heavy (non-hydrogen) atoms. The molecule has 2 amide bonds. The lowest BCUT2D eigenvalue weighted by atomic mass is 10.1. The molecule has 6 nitrogen and oxygen atoms in total. The van der Waals surface area contributed by atoms with Crippen LogP contribution in [0.25, 0.3) is 0 Å². The molecule has 3 rings (SSSR count). The third-order valence-electron chi connectivity index (χ3n) is 4.43. The van der Waals surface area contributed by atoms with Gasteiger partial charge in [-0.05, 0) is 29.2 Å². The number of halogens is 1. The molecule has 0 aliphatic heterocycles. The quantitative estimate of drug-likeness (QED) is 0.504. The predicted octanol–water partition coefficient (Wildman–Crippen LogP) is 5.36. The lowest BCUT2D eigenvalue weighted by Gasteiger charge is -2.22. The summed E-state index contributed by atoms with van der Waals surface area (Å²) in [7, 11) is 0. The van der Waals surface area contributed by atoms with Gasteiger partial charge in [-0.1, -0.05) is 90.5 Å². The Morgan fingerprint density at radius 2 is 1.32 bits per heavy atom. The highest BCUT2D eigenvalue weighted by atomic mass is 35.5. The zero-order valence-electron chi connectivity index (χ0n) is 16.9. The van der Waals surface area contributed by atoms with Gasteiger partial charge < -0.3 is 9.47 Å².